The van der Waals surface area contributed by atoms with Crippen molar-refractivity contribution < 1.29 is 14.8 Å². The van der Waals surface area contributed by atoms with Gasteiger partial charge in [0, 0.05) is 10.9 Å². The van der Waals surface area contributed by atoms with Crippen molar-refractivity contribution in [1.29, 1.82) is 0 Å². The van der Waals surface area contributed by atoms with Crippen LogP contribution in [-0.4, -0.2) is 24.3 Å². The van der Waals surface area contributed by atoms with Crippen molar-refractivity contribution in [3.8, 4) is 5.75 Å². The maximum atomic E-state index is 9.02. The molecule has 3 nitrogen and oxygen atoms in total. The van der Waals surface area contributed by atoms with Gasteiger partial charge in [0.15, 0.2) is 0 Å². The molecule has 0 saturated heterocycles. The third kappa shape index (κ3) is 2.29. The summed E-state index contributed by atoms with van der Waals surface area (Å²) in [4.78, 5) is 0. The molecule has 0 aromatic heterocycles. The number of rotatable bonds is 3. The molecule has 0 atom stereocenters. The van der Waals surface area contributed by atoms with E-state index in [1.807, 2.05) is 6.92 Å². The van der Waals surface area contributed by atoms with E-state index in [0.29, 0.717) is 16.5 Å². The number of aryl methyl sites for hydroxylation is 1. The average Bonchev–Trinajstić information content (AvgIpc) is 2.16. The van der Waals surface area contributed by atoms with Crippen LogP contribution < -0.4 is 10.2 Å². The van der Waals surface area contributed by atoms with Crippen LogP contribution in [0, 0.1) is 6.92 Å². The average molecular weight is 259 g/mol. The van der Waals surface area contributed by atoms with Crippen LogP contribution in [0.1, 0.15) is 11.1 Å². The summed E-state index contributed by atoms with van der Waals surface area (Å²) in [7, 11) is 0.112. The van der Waals surface area contributed by atoms with Crippen LogP contribution in [-0.2, 0) is 5.33 Å². The maximum absolute atomic E-state index is 9.02. The van der Waals surface area contributed by atoms with Gasteiger partial charge in [-0.3, -0.25) is 0 Å². The molecule has 0 unspecified atom stereocenters. The third-order valence-corrected chi connectivity index (χ3v) is 2.67. The highest BCUT2D eigenvalue weighted by atomic mass is 79.9. The van der Waals surface area contributed by atoms with Crippen LogP contribution in [0.2, 0.25) is 0 Å². The number of halogens is 1. The van der Waals surface area contributed by atoms with E-state index in [9.17, 15) is 0 Å². The molecule has 0 radical (unpaired) electrons. The van der Waals surface area contributed by atoms with Gasteiger partial charge >= 0.3 is 7.12 Å². The Balaban J connectivity index is 3.24. The lowest BCUT2D eigenvalue weighted by atomic mass is 9.79. The second kappa shape index (κ2) is 4.82. The Kier molecular flexibility index (Phi) is 3.98. The minimum Gasteiger partial charge on any atom is -0.496 e. The Morgan fingerprint density at radius 1 is 1.43 bits per heavy atom. The molecule has 0 spiro atoms. The van der Waals surface area contributed by atoms with Crippen LogP contribution in [0.15, 0.2) is 12.1 Å². The topological polar surface area (TPSA) is 49.7 Å². The van der Waals surface area contributed by atoms with Gasteiger partial charge in [-0.25, -0.2) is 0 Å². The van der Waals surface area contributed by atoms with Gasteiger partial charge in [-0.2, -0.15) is 0 Å². The fourth-order valence-corrected chi connectivity index (χ4v) is 2.03. The van der Waals surface area contributed by atoms with Gasteiger partial charge in [0.1, 0.15) is 5.75 Å². The van der Waals surface area contributed by atoms with Crippen molar-refractivity contribution in [2.45, 2.75) is 12.3 Å². The molecule has 0 fully saturated rings. The van der Waals surface area contributed by atoms with Gasteiger partial charge in [0.2, 0.25) is 0 Å². The molecule has 5 heteroatoms. The van der Waals surface area contributed by atoms with Crippen molar-refractivity contribution in [2.75, 3.05) is 7.11 Å². The lowest BCUT2D eigenvalue weighted by Gasteiger charge is -2.11. The molecule has 0 bridgehead atoms. The Labute approximate surface area is 92.0 Å². The molecular formula is C9H12BBrO3. The first-order valence-corrected chi connectivity index (χ1v) is 5.31. The number of hydrogen-bond donors (Lipinski definition) is 2. The molecule has 0 saturated carbocycles. The van der Waals surface area contributed by atoms with Gasteiger partial charge in [0.05, 0.1) is 7.11 Å². The minimum absolute atomic E-state index is 0.448. The lowest BCUT2D eigenvalue weighted by molar-refractivity contribution is 0.408. The van der Waals surface area contributed by atoms with Crippen molar-refractivity contribution >= 4 is 28.5 Å². The van der Waals surface area contributed by atoms with Gasteiger partial charge in [-0.1, -0.05) is 22.0 Å². The molecule has 1 rings (SSSR count). The summed E-state index contributed by atoms with van der Waals surface area (Å²) in [6, 6.07) is 3.37. The smallest absolute Gasteiger partial charge is 0.488 e. The first kappa shape index (κ1) is 11.6. The molecule has 0 amide bonds. The zero-order valence-electron chi connectivity index (χ0n) is 8.12. The molecule has 76 valence electrons. The van der Waals surface area contributed by atoms with Crippen LogP contribution >= 0.6 is 15.9 Å². The molecule has 1 aromatic rings. The van der Waals surface area contributed by atoms with Crippen molar-refractivity contribution in [3.63, 3.8) is 0 Å². The Hall–Kier alpha value is -0.515. The van der Waals surface area contributed by atoms with E-state index < -0.39 is 7.12 Å². The number of benzene rings is 1. The fourth-order valence-electron chi connectivity index (χ4n) is 1.31. The number of hydrogen-bond acceptors (Lipinski definition) is 3. The lowest BCUT2D eigenvalue weighted by Crippen LogP contribution is -2.30. The standard InChI is InChI=1S/C9H12BBrO3/c1-6-3-7(10(12)13)4-9(14-2)8(6)5-11/h3-4,12-13H,5H2,1-2H3. The second-order valence-electron chi connectivity index (χ2n) is 3.03. The Bertz CT molecular complexity index is 328. The van der Waals surface area contributed by atoms with Crippen LogP contribution in [0.25, 0.3) is 0 Å². The fraction of sp³-hybridized carbons (Fsp3) is 0.333. The molecule has 1 aromatic carbocycles. The molecule has 0 aliphatic carbocycles. The monoisotopic (exact) mass is 258 g/mol. The largest absolute Gasteiger partial charge is 0.496 e. The SMILES string of the molecule is COc1cc(B(O)O)cc(C)c1CBr. The summed E-state index contributed by atoms with van der Waals surface area (Å²) < 4.78 is 5.16. The Morgan fingerprint density at radius 3 is 2.50 bits per heavy atom. The highest BCUT2D eigenvalue weighted by Crippen LogP contribution is 2.23. The van der Waals surface area contributed by atoms with E-state index >= 15 is 0 Å². The van der Waals surface area contributed by atoms with E-state index in [-0.39, 0.29) is 0 Å². The molecule has 0 heterocycles. The van der Waals surface area contributed by atoms with Crippen molar-refractivity contribution in [1.82, 2.24) is 0 Å². The summed E-state index contributed by atoms with van der Waals surface area (Å²) in [5.74, 6) is 0.671. The molecule has 14 heavy (non-hydrogen) atoms. The van der Waals surface area contributed by atoms with Crippen LogP contribution in [0.3, 0.4) is 0 Å². The van der Waals surface area contributed by atoms with Gasteiger partial charge in [0.25, 0.3) is 0 Å². The van der Waals surface area contributed by atoms with Gasteiger partial charge in [-0.15, -0.1) is 0 Å². The van der Waals surface area contributed by atoms with E-state index in [1.54, 1.807) is 19.2 Å². The van der Waals surface area contributed by atoms with E-state index in [0.717, 1.165) is 11.1 Å². The quantitative estimate of drug-likeness (QED) is 0.616. The normalized spacial score (nSPS) is 10.1. The summed E-state index contributed by atoms with van der Waals surface area (Å²) in [6.07, 6.45) is 0. The van der Waals surface area contributed by atoms with Gasteiger partial charge in [-0.05, 0) is 24.0 Å². The van der Waals surface area contributed by atoms with E-state index in [4.69, 9.17) is 14.8 Å². The summed E-state index contributed by atoms with van der Waals surface area (Å²) in [5.41, 5.74) is 2.45. The second-order valence-corrected chi connectivity index (χ2v) is 3.59. The highest BCUT2D eigenvalue weighted by Gasteiger charge is 2.15. The molecular weight excluding hydrogens is 247 g/mol. The molecule has 0 aliphatic heterocycles. The first-order chi connectivity index (χ1) is 6.60. The summed E-state index contributed by atoms with van der Waals surface area (Å²) in [5, 5.41) is 18.7. The number of methoxy groups -OCH3 is 1. The first-order valence-electron chi connectivity index (χ1n) is 4.19. The third-order valence-electron chi connectivity index (χ3n) is 2.11. The zero-order valence-corrected chi connectivity index (χ0v) is 9.71. The van der Waals surface area contributed by atoms with Crippen molar-refractivity contribution in [2.24, 2.45) is 0 Å². The summed E-state index contributed by atoms with van der Waals surface area (Å²) in [6.45, 7) is 1.91. The number of alkyl halides is 1. The van der Waals surface area contributed by atoms with Crippen LogP contribution in [0.4, 0.5) is 0 Å². The highest BCUT2D eigenvalue weighted by molar-refractivity contribution is 9.08. The van der Waals surface area contributed by atoms with E-state index in [1.165, 1.54) is 0 Å². The summed E-state index contributed by atoms with van der Waals surface area (Å²) >= 11 is 3.36. The van der Waals surface area contributed by atoms with Gasteiger partial charge < -0.3 is 14.8 Å². The van der Waals surface area contributed by atoms with Crippen molar-refractivity contribution in [3.05, 3.63) is 23.3 Å². The predicted octanol–water partition coefficient (Wildman–Crippen LogP) is 0.578. The van der Waals surface area contributed by atoms with E-state index in [2.05, 4.69) is 15.9 Å². The zero-order chi connectivity index (χ0) is 10.7. The van der Waals surface area contributed by atoms with Crippen LogP contribution in [0.5, 0.6) is 5.75 Å². The number of ether oxygens (including phenoxy) is 1. The predicted molar refractivity (Wildman–Crippen MR) is 60.2 cm³/mol. The Morgan fingerprint density at radius 2 is 2.07 bits per heavy atom. The maximum Gasteiger partial charge on any atom is 0.488 e. The molecule has 0 aliphatic rings. The minimum atomic E-state index is -1.45. The molecule has 2 N–H and O–H groups in total.